The van der Waals surface area contributed by atoms with Gasteiger partial charge in [0.05, 0.1) is 25.9 Å². The number of hydrogen-bond donors (Lipinski definition) is 0. The van der Waals surface area contributed by atoms with E-state index in [4.69, 9.17) is 9.47 Å². The molecule has 1 fully saturated rings. The summed E-state index contributed by atoms with van der Waals surface area (Å²) in [6, 6.07) is 0.271. The molecular formula is C13H23NO4. The summed E-state index contributed by atoms with van der Waals surface area (Å²) in [5, 5.41) is 0. The minimum Gasteiger partial charge on any atom is -0.466 e. The van der Waals surface area contributed by atoms with Crippen LogP contribution in [0.15, 0.2) is 0 Å². The molecule has 0 aromatic heterocycles. The Kier molecular flexibility index (Phi) is 6.29. The Balaban J connectivity index is 2.43. The van der Waals surface area contributed by atoms with Gasteiger partial charge in [-0.15, -0.1) is 0 Å². The van der Waals surface area contributed by atoms with Gasteiger partial charge in [0.2, 0.25) is 0 Å². The van der Waals surface area contributed by atoms with Gasteiger partial charge in [0.1, 0.15) is 6.42 Å². The summed E-state index contributed by atoms with van der Waals surface area (Å²) < 4.78 is 10.3. The SMILES string of the molecule is CCOC(=O)CC(=O)CN1CC(C)OCC1CC. The molecule has 1 rings (SSSR count). The van der Waals surface area contributed by atoms with Gasteiger partial charge in [0.15, 0.2) is 5.78 Å². The zero-order valence-electron chi connectivity index (χ0n) is 11.5. The standard InChI is InChI=1S/C13H23NO4/c1-4-11-9-18-10(3)7-14(11)8-12(15)6-13(16)17-5-2/h10-11H,4-9H2,1-3H3. The minimum absolute atomic E-state index is 0.0824. The van der Waals surface area contributed by atoms with E-state index in [1.165, 1.54) is 0 Å². The molecule has 104 valence electrons. The summed E-state index contributed by atoms with van der Waals surface area (Å²) in [4.78, 5) is 25.1. The van der Waals surface area contributed by atoms with Crippen LogP contribution in [-0.2, 0) is 19.1 Å². The van der Waals surface area contributed by atoms with Crippen LogP contribution in [0.2, 0.25) is 0 Å². The summed E-state index contributed by atoms with van der Waals surface area (Å²) in [7, 11) is 0. The number of nitrogens with zero attached hydrogens (tertiary/aromatic N) is 1. The van der Waals surface area contributed by atoms with Gasteiger partial charge < -0.3 is 9.47 Å². The number of hydrogen-bond acceptors (Lipinski definition) is 5. The molecule has 2 unspecified atom stereocenters. The first-order chi connectivity index (χ1) is 8.56. The van der Waals surface area contributed by atoms with Crippen molar-refractivity contribution in [1.82, 2.24) is 4.90 Å². The lowest BCUT2D eigenvalue weighted by Gasteiger charge is -2.37. The molecule has 1 aliphatic heterocycles. The van der Waals surface area contributed by atoms with Crippen molar-refractivity contribution < 1.29 is 19.1 Å². The molecule has 0 saturated carbocycles. The van der Waals surface area contributed by atoms with Crippen LogP contribution in [0.3, 0.4) is 0 Å². The second-order valence-electron chi connectivity index (χ2n) is 4.66. The maximum atomic E-state index is 11.8. The average Bonchev–Trinajstić information content (AvgIpc) is 2.29. The predicted octanol–water partition coefficient (Wildman–Crippen LogP) is 1.01. The van der Waals surface area contributed by atoms with E-state index in [2.05, 4.69) is 11.8 Å². The van der Waals surface area contributed by atoms with Crippen molar-refractivity contribution in [2.75, 3.05) is 26.3 Å². The van der Waals surface area contributed by atoms with Crippen molar-refractivity contribution in [1.29, 1.82) is 0 Å². The summed E-state index contributed by atoms with van der Waals surface area (Å²) >= 11 is 0. The van der Waals surface area contributed by atoms with Crippen molar-refractivity contribution in [3.63, 3.8) is 0 Å². The van der Waals surface area contributed by atoms with Crippen LogP contribution in [0, 0.1) is 0 Å². The van der Waals surface area contributed by atoms with Crippen LogP contribution in [-0.4, -0.2) is 55.1 Å². The van der Waals surface area contributed by atoms with E-state index in [1.54, 1.807) is 6.92 Å². The molecule has 5 nitrogen and oxygen atoms in total. The van der Waals surface area contributed by atoms with Gasteiger partial charge in [-0.25, -0.2) is 0 Å². The Labute approximate surface area is 108 Å². The first-order valence-electron chi connectivity index (χ1n) is 6.59. The van der Waals surface area contributed by atoms with E-state index >= 15 is 0 Å². The number of ether oxygens (including phenoxy) is 2. The number of esters is 1. The number of carbonyl (C=O) groups excluding carboxylic acids is 2. The third-order valence-electron chi connectivity index (χ3n) is 3.08. The maximum absolute atomic E-state index is 11.8. The van der Waals surface area contributed by atoms with Gasteiger partial charge in [-0.3, -0.25) is 14.5 Å². The van der Waals surface area contributed by atoms with Crippen molar-refractivity contribution >= 4 is 11.8 Å². The molecule has 1 aliphatic rings. The van der Waals surface area contributed by atoms with Crippen molar-refractivity contribution in [2.45, 2.75) is 45.8 Å². The summed E-state index contributed by atoms with van der Waals surface area (Å²) in [6.45, 7) is 7.83. The first-order valence-corrected chi connectivity index (χ1v) is 6.59. The molecule has 0 radical (unpaired) electrons. The summed E-state index contributed by atoms with van der Waals surface area (Å²) in [5.74, 6) is -0.516. The fraction of sp³-hybridized carbons (Fsp3) is 0.846. The average molecular weight is 257 g/mol. The highest BCUT2D eigenvalue weighted by molar-refractivity contribution is 5.96. The molecule has 1 saturated heterocycles. The van der Waals surface area contributed by atoms with E-state index in [1.807, 2.05) is 6.92 Å². The fourth-order valence-corrected chi connectivity index (χ4v) is 2.14. The number of carbonyl (C=O) groups is 2. The zero-order chi connectivity index (χ0) is 13.5. The molecular weight excluding hydrogens is 234 g/mol. The molecule has 18 heavy (non-hydrogen) atoms. The van der Waals surface area contributed by atoms with E-state index in [-0.39, 0.29) is 24.3 Å². The smallest absolute Gasteiger partial charge is 0.313 e. The van der Waals surface area contributed by atoms with Gasteiger partial charge in [0, 0.05) is 12.6 Å². The molecule has 2 atom stereocenters. The van der Waals surface area contributed by atoms with Crippen LogP contribution in [0.1, 0.15) is 33.6 Å². The van der Waals surface area contributed by atoms with Crippen molar-refractivity contribution in [3.05, 3.63) is 0 Å². The van der Waals surface area contributed by atoms with Crippen LogP contribution in [0.5, 0.6) is 0 Å². The Morgan fingerprint density at radius 2 is 2.11 bits per heavy atom. The van der Waals surface area contributed by atoms with Gasteiger partial charge in [-0.1, -0.05) is 6.92 Å². The van der Waals surface area contributed by atoms with E-state index in [9.17, 15) is 9.59 Å². The van der Waals surface area contributed by atoms with Crippen LogP contribution in [0.4, 0.5) is 0 Å². The summed E-state index contributed by atoms with van der Waals surface area (Å²) in [6.07, 6.45) is 0.957. The summed E-state index contributed by atoms with van der Waals surface area (Å²) in [5.41, 5.74) is 0. The van der Waals surface area contributed by atoms with Crippen molar-refractivity contribution in [3.8, 4) is 0 Å². The molecule has 1 heterocycles. The Morgan fingerprint density at radius 3 is 2.72 bits per heavy atom. The van der Waals surface area contributed by atoms with Gasteiger partial charge in [0.25, 0.3) is 0 Å². The number of rotatable bonds is 6. The Hall–Kier alpha value is -0.940. The molecule has 0 N–H and O–H groups in total. The van der Waals surface area contributed by atoms with E-state index < -0.39 is 5.97 Å². The number of morpholine rings is 1. The highest BCUT2D eigenvalue weighted by atomic mass is 16.5. The normalized spacial score (nSPS) is 24.8. The lowest BCUT2D eigenvalue weighted by Crippen LogP contribution is -2.50. The lowest BCUT2D eigenvalue weighted by molar-refractivity contribution is -0.146. The molecule has 0 spiro atoms. The third kappa shape index (κ3) is 4.74. The highest BCUT2D eigenvalue weighted by Gasteiger charge is 2.27. The predicted molar refractivity (Wildman–Crippen MR) is 67.3 cm³/mol. The number of ketones is 1. The van der Waals surface area contributed by atoms with Gasteiger partial charge in [-0.2, -0.15) is 0 Å². The van der Waals surface area contributed by atoms with Gasteiger partial charge in [-0.05, 0) is 20.3 Å². The second-order valence-corrected chi connectivity index (χ2v) is 4.66. The fourth-order valence-electron chi connectivity index (χ4n) is 2.14. The molecule has 0 bridgehead atoms. The molecule has 0 aliphatic carbocycles. The van der Waals surface area contributed by atoms with Crippen molar-refractivity contribution in [2.24, 2.45) is 0 Å². The Bertz CT molecular complexity index is 293. The van der Waals surface area contributed by atoms with E-state index in [0.29, 0.717) is 19.8 Å². The number of Topliss-reactive ketones (excluding diaryl/α,β-unsaturated/α-hetero) is 1. The highest BCUT2D eigenvalue weighted by Crippen LogP contribution is 2.14. The molecule has 0 aromatic carbocycles. The van der Waals surface area contributed by atoms with Crippen LogP contribution in [0.25, 0.3) is 0 Å². The first kappa shape index (κ1) is 15.1. The van der Waals surface area contributed by atoms with E-state index in [0.717, 1.165) is 13.0 Å². The topological polar surface area (TPSA) is 55.8 Å². The Morgan fingerprint density at radius 1 is 1.39 bits per heavy atom. The maximum Gasteiger partial charge on any atom is 0.313 e. The zero-order valence-corrected chi connectivity index (χ0v) is 11.5. The molecule has 0 amide bonds. The molecule has 0 aromatic rings. The minimum atomic E-state index is -0.433. The quantitative estimate of drug-likeness (QED) is 0.525. The lowest BCUT2D eigenvalue weighted by atomic mass is 10.1. The largest absolute Gasteiger partial charge is 0.466 e. The third-order valence-corrected chi connectivity index (χ3v) is 3.08. The van der Waals surface area contributed by atoms with Gasteiger partial charge >= 0.3 is 5.97 Å². The second kappa shape index (κ2) is 7.48. The monoisotopic (exact) mass is 257 g/mol. The van der Waals surface area contributed by atoms with Crippen LogP contribution < -0.4 is 0 Å². The molecule has 5 heteroatoms. The van der Waals surface area contributed by atoms with Crippen LogP contribution >= 0.6 is 0 Å².